The number of carbonyl (C=O) groups is 3. The summed E-state index contributed by atoms with van der Waals surface area (Å²) in [5.74, 6) is -0.0937. The number of rotatable bonds is 5. The SMILES string of the molecule is CC(C)C(=O)N1CCC(C(=O)Nc2cccc(C(=O)NC3CC3)c2)CC1. The molecule has 2 fully saturated rings. The Bertz CT molecular complexity index is 689. The van der Waals surface area contributed by atoms with Gasteiger partial charge in [0, 0.05) is 42.2 Å². The Morgan fingerprint density at radius 3 is 2.38 bits per heavy atom. The van der Waals surface area contributed by atoms with Crippen molar-refractivity contribution in [2.75, 3.05) is 18.4 Å². The second-order valence-electron chi connectivity index (χ2n) is 7.57. The third kappa shape index (κ3) is 4.62. The van der Waals surface area contributed by atoms with Gasteiger partial charge in [-0.05, 0) is 43.9 Å². The van der Waals surface area contributed by atoms with Gasteiger partial charge in [0.05, 0.1) is 0 Å². The van der Waals surface area contributed by atoms with Crippen LogP contribution in [0.3, 0.4) is 0 Å². The largest absolute Gasteiger partial charge is 0.349 e. The Morgan fingerprint density at radius 2 is 1.77 bits per heavy atom. The van der Waals surface area contributed by atoms with Crippen molar-refractivity contribution in [3.05, 3.63) is 29.8 Å². The standard InChI is InChI=1S/C20H27N3O3/c1-13(2)20(26)23-10-8-14(9-11-23)18(24)22-17-5-3-4-15(12-17)19(25)21-16-6-7-16/h3-5,12-14,16H,6-11H2,1-2H3,(H,21,25)(H,22,24). The molecule has 6 nitrogen and oxygen atoms in total. The summed E-state index contributed by atoms with van der Waals surface area (Å²) in [7, 11) is 0. The summed E-state index contributed by atoms with van der Waals surface area (Å²) in [6.45, 7) is 5.04. The molecule has 2 aliphatic rings. The van der Waals surface area contributed by atoms with Crippen LogP contribution in [0.4, 0.5) is 5.69 Å². The summed E-state index contributed by atoms with van der Waals surface area (Å²) in [5, 5.41) is 5.87. The van der Waals surface area contributed by atoms with Crippen LogP contribution < -0.4 is 10.6 Å². The van der Waals surface area contributed by atoms with Crippen LogP contribution in [0.15, 0.2) is 24.3 Å². The molecule has 6 heteroatoms. The number of anilines is 1. The highest BCUT2D eigenvalue weighted by atomic mass is 16.2. The first-order valence-corrected chi connectivity index (χ1v) is 9.44. The van der Waals surface area contributed by atoms with Crippen molar-refractivity contribution in [1.29, 1.82) is 0 Å². The minimum Gasteiger partial charge on any atom is -0.349 e. The molecule has 1 saturated carbocycles. The van der Waals surface area contributed by atoms with E-state index in [1.807, 2.05) is 18.7 Å². The number of nitrogens with one attached hydrogen (secondary N) is 2. The first kappa shape index (κ1) is 18.4. The van der Waals surface area contributed by atoms with E-state index in [4.69, 9.17) is 0 Å². The van der Waals surface area contributed by atoms with E-state index in [1.54, 1.807) is 24.3 Å². The molecule has 3 rings (SSSR count). The Kier molecular flexibility index (Phi) is 5.59. The van der Waals surface area contributed by atoms with Gasteiger partial charge in [-0.25, -0.2) is 0 Å². The first-order valence-electron chi connectivity index (χ1n) is 9.44. The molecule has 3 amide bonds. The van der Waals surface area contributed by atoms with E-state index >= 15 is 0 Å². The van der Waals surface area contributed by atoms with Crippen LogP contribution in [-0.4, -0.2) is 41.8 Å². The highest BCUT2D eigenvalue weighted by Gasteiger charge is 2.28. The Balaban J connectivity index is 1.53. The van der Waals surface area contributed by atoms with Crippen molar-refractivity contribution >= 4 is 23.4 Å². The maximum Gasteiger partial charge on any atom is 0.251 e. The predicted molar refractivity (Wildman–Crippen MR) is 99.7 cm³/mol. The molecule has 0 radical (unpaired) electrons. The van der Waals surface area contributed by atoms with Gasteiger partial charge in [-0.3, -0.25) is 14.4 Å². The molecule has 1 aromatic carbocycles. The number of benzene rings is 1. The summed E-state index contributed by atoms with van der Waals surface area (Å²) in [6, 6.07) is 7.35. The minimum absolute atomic E-state index is 0.00935. The van der Waals surface area contributed by atoms with Crippen molar-refractivity contribution in [3.63, 3.8) is 0 Å². The zero-order valence-corrected chi connectivity index (χ0v) is 15.5. The lowest BCUT2D eigenvalue weighted by Crippen LogP contribution is -2.43. The van der Waals surface area contributed by atoms with E-state index in [-0.39, 0.29) is 29.6 Å². The zero-order chi connectivity index (χ0) is 18.7. The van der Waals surface area contributed by atoms with E-state index in [2.05, 4.69) is 10.6 Å². The van der Waals surface area contributed by atoms with E-state index in [1.165, 1.54) is 0 Å². The van der Waals surface area contributed by atoms with Crippen LogP contribution in [0, 0.1) is 11.8 Å². The van der Waals surface area contributed by atoms with Gasteiger partial charge in [0.1, 0.15) is 0 Å². The number of amides is 3. The fraction of sp³-hybridized carbons (Fsp3) is 0.550. The van der Waals surface area contributed by atoms with Crippen molar-refractivity contribution in [1.82, 2.24) is 10.2 Å². The van der Waals surface area contributed by atoms with E-state index in [0.717, 1.165) is 12.8 Å². The molecule has 1 aliphatic heterocycles. The molecule has 1 saturated heterocycles. The maximum atomic E-state index is 12.5. The van der Waals surface area contributed by atoms with Gasteiger partial charge in [0.15, 0.2) is 0 Å². The number of carbonyl (C=O) groups excluding carboxylic acids is 3. The fourth-order valence-electron chi connectivity index (χ4n) is 3.21. The molecule has 0 aromatic heterocycles. The third-order valence-electron chi connectivity index (χ3n) is 4.98. The van der Waals surface area contributed by atoms with Crippen molar-refractivity contribution in [2.24, 2.45) is 11.8 Å². The lowest BCUT2D eigenvalue weighted by molar-refractivity contribution is -0.137. The van der Waals surface area contributed by atoms with Crippen LogP contribution in [0.1, 0.15) is 49.9 Å². The Morgan fingerprint density at radius 1 is 1.08 bits per heavy atom. The van der Waals surface area contributed by atoms with E-state index < -0.39 is 0 Å². The third-order valence-corrected chi connectivity index (χ3v) is 4.98. The van der Waals surface area contributed by atoms with Crippen LogP contribution >= 0.6 is 0 Å². The molecule has 0 atom stereocenters. The van der Waals surface area contributed by atoms with Crippen LogP contribution in [0.25, 0.3) is 0 Å². The summed E-state index contributed by atoms with van der Waals surface area (Å²) in [4.78, 5) is 38.5. The quantitative estimate of drug-likeness (QED) is 0.849. The van der Waals surface area contributed by atoms with Gasteiger partial charge in [0.25, 0.3) is 5.91 Å². The van der Waals surface area contributed by atoms with E-state index in [9.17, 15) is 14.4 Å². The number of hydrogen-bond acceptors (Lipinski definition) is 3. The molecule has 0 bridgehead atoms. The van der Waals surface area contributed by atoms with Gasteiger partial charge in [-0.2, -0.15) is 0 Å². The average Bonchev–Trinajstić information content (AvgIpc) is 3.45. The summed E-state index contributed by atoms with van der Waals surface area (Å²) in [6.07, 6.45) is 3.43. The number of nitrogens with zero attached hydrogens (tertiary/aromatic N) is 1. The first-order chi connectivity index (χ1) is 12.4. The van der Waals surface area contributed by atoms with Crippen molar-refractivity contribution in [3.8, 4) is 0 Å². The van der Waals surface area contributed by atoms with Crippen molar-refractivity contribution in [2.45, 2.75) is 45.6 Å². The van der Waals surface area contributed by atoms with Crippen LogP contribution in [0.2, 0.25) is 0 Å². The summed E-state index contributed by atoms with van der Waals surface area (Å²) < 4.78 is 0. The zero-order valence-electron chi connectivity index (χ0n) is 15.5. The highest BCUT2D eigenvalue weighted by Crippen LogP contribution is 2.22. The Hall–Kier alpha value is -2.37. The number of piperidine rings is 1. The molecular formula is C20H27N3O3. The molecule has 1 heterocycles. The average molecular weight is 357 g/mol. The van der Waals surface area contributed by atoms with Crippen LogP contribution in [0.5, 0.6) is 0 Å². The molecule has 1 aromatic rings. The van der Waals surface area contributed by atoms with Gasteiger partial charge < -0.3 is 15.5 Å². The maximum absolute atomic E-state index is 12.5. The molecule has 1 aliphatic carbocycles. The van der Waals surface area contributed by atoms with Crippen LogP contribution in [-0.2, 0) is 9.59 Å². The summed E-state index contributed by atoms with van der Waals surface area (Å²) >= 11 is 0. The van der Waals surface area contributed by atoms with Crippen molar-refractivity contribution < 1.29 is 14.4 Å². The lowest BCUT2D eigenvalue weighted by Gasteiger charge is -2.32. The topological polar surface area (TPSA) is 78.5 Å². The molecule has 26 heavy (non-hydrogen) atoms. The molecule has 2 N–H and O–H groups in total. The lowest BCUT2D eigenvalue weighted by atomic mass is 9.95. The predicted octanol–water partition coefficient (Wildman–Crippen LogP) is 2.41. The van der Waals surface area contributed by atoms with Gasteiger partial charge >= 0.3 is 0 Å². The second-order valence-corrected chi connectivity index (χ2v) is 7.57. The molecule has 140 valence electrons. The smallest absolute Gasteiger partial charge is 0.251 e. The molecule has 0 unspecified atom stereocenters. The number of hydrogen-bond donors (Lipinski definition) is 2. The summed E-state index contributed by atoms with van der Waals surface area (Å²) in [5.41, 5.74) is 1.20. The highest BCUT2D eigenvalue weighted by molar-refractivity contribution is 5.98. The van der Waals surface area contributed by atoms with Gasteiger partial charge in [0.2, 0.25) is 11.8 Å². The normalized spacial score (nSPS) is 17.9. The molecule has 0 spiro atoms. The molecular weight excluding hydrogens is 330 g/mol. The van der Waals surface area contributed by atoms with Gasteiger partial charge in [-0.1, -0.05) is 19.9 Å². The minimum atomic E-state index is -0.102. The number of likely N-dealkylation sites (tertiary alicyclic amines) is 1. The monoisotopic (exact) mass is 357 g/mol. The van der Waals surface area contributed by atoms with E-state index in [0.29, 0.717) is 43.2 Å². The fourth-order valence-corrected chi connectivity index (χ4v) is 3.21. The second kappa shape index (κ2) is 7.89. The van der Waals surface area contributed by atoms with Gasteiger partial charge in [-0.15, -0.1) is 0 Å². The Labute approximate surface area is 154 Å².